The van der Waals surface area contributed by atoms with E-state index in [9.17, 15) is 0 Å². The Morgan fingerprint density at radius 2 is 2.22 bits per heavy atom. The number of nitrogens with one attached hydrogen (secondary N) is 1. The molecule has 0 amide bonds. The standard InChI is InChI=1S/C12H11BrCl2N2S/c1-2-16-11(8-5-18-6-9(8)13)12-10(15)3-7(14)4-17-12/h3-6,11,16H,2H2,1H3. The molecule has 0 saturated carbocycles. The van der Waals surface area contributed by atoms with Crippen LogP contribution in [0, 0.1) is 0 Å². The van der Waals surface area contributed by atoms with Gasteiger partial charge in [0.15, 0.2) is 0 Å². The first-order chi connectivity index (χ1) is 8.63. The van der Waals surface area contributed by atoms with Crippen LogP contribution in [0.15, 0.2) is 27.5 Å². The SMILES string of the molecule is CCNC(c1cscc1Br)c1ncc(Cl)cc1Cl. The van der Waals surface area contributed by atoms with E-state index in [1.54, 1.807) is 23.6 Å². The molecule has 0 aliphatic rings. The van der Waals surface area contributed by atoms with Crippen molar-refractivity contribution in [3.8, 4) is 0 Å². The van der Waals surface area contributed by atoms with Gasteiger partial charge in [0.05, 0.1) is 21.8 Å². The summed E-state index contributed by atoms with van der Waals surface area (Å²) in [5.41, 5.74) is 1.93. The van der Waals surface area contributed by atoms with Crippen LogP contribution in [0.3, 0.4) is 0 Å². The van der Waals surface area contributed by atoms with Gasteiger partial charge < -0.3 is 5.32 Å². The Labute approximate surface area is 128 Å². The molecule has 0 saturated heterocycles. The van der Waals surface area contributed by atoms with Gasteiger partial charge in [-0.25, -0.2) is 0 Å². The lowest BCUT2D eigenvalue weighted by atomic mass is 10.1. The summed E-state index contributed by atoms with van der Waals surface area (Å²) in [5, 5.41) is 8.64. The predicted octanol–water partition coefficient (Wildman–Crippen LogP) is 4.91. The molecule has 2 rings (SSSR count). The Bertz CT molecular complexity index is 545. The van der Waals surface area contributed by atoms with Crippen LogP contribution in [0.2, 0.25) is 10.0 Å². The Morgan fingerprint density at radius 3 is 2.78 bits per heavy atom. The molecular weight excluding hydrogens is 355 g/mol. The van der Waals surface area contributed by atoms with E-state index in [1.165, 1.54) is 0 Å². The van der Waals surface area contributed by atoms with Crippen molar-refractivity contribution in [1.29, 1.82) is 0 Å². The maximum atomic E-state index is 6.23. The van der Waals surface area contributed by atoms with E-state index in [4.69, 9.17) is 23.2 Å². The molecule has 2 nitrogen and oxygen atoms in total. The fourth-order valence-electron chi connectivity index (χ4n) is 1.69. The molecular formula is C12H11BrCl2N2S. The van der Waals surface area contributed by atoms with Gasteiger partial charge in [0.2, 0.25) is 0 Å². The lowest BCUT2D eigenvalue weighted by Gasteiger charge is -2.18. The Kier molecular flexibility index (Phi) is 5.04. The van der Waals surface area contributed by atoms with E-state index in [-0.39, 0.29) is 6.04 Å². The monoisotopic (exact) mass is 364 g/mol. The zero-order valence-electron chi connectivity index (χ0n) is 9.58. The number of rotatable bonds is 4. The molecule has 6 heteroatoms. The summed E-state index contributed by atoms with van der Waals surface area (Å²) in [5.74, 6) is 0. The molecule has 1 unspecified atom stereocenters. The molecule has 18 heavy (non-hydrogen) atoms. The zero-order valence-corrected chi connectivity index (χ0v) is 13.5. The minimum atomic E-state index is -0.0274. The summed E-state index contributed by atoms with van der Waals surface area (Å²) in [4.78, 5) is 4.35. The van der Waals surface area contributed by atoms with Crippen molar-refractivity contribution < 1.29 is 0 Å². The molecule has 0 radical (unpaired) electrons. The molecule has 0 aliphatic carbocycles. The number of thiophene rings is 1. The highest BCUT2D eigenvalue weighted by atomic mass is 79.9. The average molecular weight is 366 g/mol. The van der Waals surface area contributed by atoms with Crippen LogP contribution in [0.25, 0.3) is 0 Å². The number of hydrogen-bond donors (Lipinski definition) is 1. The van der Waals surface area contributed by atoms with Gasteiger partial charge in [-0.15, -0.1) is 0 Å². The summed E-state index contributed by atoms with van der Waals surface area (Å²) in [6.45, 7) is 2.88. The zero-order chi connectivity index (χ0) is 13.1. The first kappa shape index (κ1) is 14.3. The van der Waals surface area contributed by atoms with E-state index in [0.717, 1.165) is 22.3 Å². The average Bonchev–Trinajstić information content (AvgIpc) is 2.73. The second-order valence-corrected chi connectivity index (χ2v) is 6.13. The number of halogens is 3. The van der Waals surface area contributed by atoms with Crippen LogP contribution in [0.5, 0.6) is 0 Å². The highest BCUT2D eigenvalue weighted by Crippen LogP contribution is 2.34. The van der Waals surface area contributed by atoms with E-state index >= 15 is 0 Å². The number of pyridine rings is 1. The van der Waals surface area contributed by atoms with Crippen LogP contribution in [-0.2, 0) is 0 Å². The molecule has 0 aliphatic heterocycles. The van der Waals surface area contributed by atoms with E-state index < -0.39 is 0 Å². The van der Waals surface area contributed by atoms with Crippen molar-refractivity contribution in [1.82, 2.24) is 10.3 Å². The van der Waals surface area contributed by atoms with Crippen molar-refractivity contribution >= 4 is 50.5 Å². The van der Waals surface area contributed by atoms with Crippen molar-refractivity contribution in [2.45, 2.75) is 13.0 Å². The fraction of sp³-hybridized carbons (Fsp3) is 0.250. The smallest absolute Gasteiger partial charge is 0.0806 e. The lowest BCUT2D eigenvalue weighted by molar-refractivity contribution is 0.615. The second kappa shape index (κ2) is 6.35. The van der Waals surface area contributed by atoms with E-state index in [1.807, 2.05) is 5.38 Å². The quantitative estimate of drug-likeness (QED) is 0.832. The Hall–Kier alpha value is -0.130. The molecule has 2 aromatic heterocycles. The van der Waals surface area contributed by atoms with E-state index in [2.05, 4.69) is 38.5 Å². The Morgan fingerprint density at radius 1 is 1.44 bits per heavy atom. The number of hydrogen-bond acceptors (Lipinski definition) is 3. The van der Waals surface area contributed by atoms with Crippen LogP contribution < -0.4 is 5.32 Å². The van der Waals surface area contributed by atoms with Gasteiger partial charge in [0, 0.05) is 21.6 Å². The minimum Gasteiger partial charge on any atom is -0.305 e. The molecule has 96 valence electrons. The third-order valence-electron chi connectivity index (χ3n) is 2.47. The van der Waals surface area contributed by atoms with Crippen molar-refractivity contribution in [3.63, 3.8) is 0 Å². The third kappa shape index (κ3) is 3.06. The fourth-order valence-corrected chi connectivity index (χ4v) is 3.73. The lowest BCUT2D eigenvalue weighted by Crippen LogP contribution is -2.23. The molecule has 2 heterocycles. The van der Waals surface area contributed by atoms with Gasteiger partial charge in [0.1, 0.15) is 0 Å². The van der Waals surface area contributed by atoms with E-state index in [0.29, 0.717) is 10.0 Å². The molecule has 1 N–H and O–H groups in total. The van der Waals surface area contributed by atoms with Gasteiger partial charge in [-0.05, 0) is 33.9 Å². The van der Waals surface area contributed by atoms with Crippen molar-refractivity contribution in [2.75, 3.05) is 6.54 Å². The van der Waals surface area contributed by atoms with Gasteiger partial charge in [-0.1, -0.05) is 30.1 Å². The summed E-state index contributed by atoms with van der Waals surface area (Å²) >= 11 is 17.3. The largest absolute Gasteiger partial charge is 0.305 e. The normalized spacial score (nSPS) is 12.7. The van der Waals surface area contributed by atoms with Crippen LogP contribution in [0.1, 0.15) is 24.2 Å². The van der Waals surface area contributed by atoms with Crippen LogP contribution >= 0.6 is 50.5 Å². The maximum Gasteiger partial charge on any atom is 0.0806 e. The second-order valence-electron chi connectivity index (χ2n) is 3.69. The van der Waals surface area contributed by atoms with Gasteiger partial charge in [-0.3, -0.25) is 4.98 Å². The Balaban J connectivity index is 2.45. The predicted molar refractivity (Wildman–Crippen MR) is 81.8 cm³/mol. The van der Waals surface area contributed by atoms with Crippen LogP contribution in [-0.4, -0.2) is 11.5 Å². The summed E-state index contributed by atoms with van der Waals surface area (Å²) in [7, 11) is 0. The van der Waals surface area contributed by atoms with Gasteiger partial charge in [0.25, 0.3) is 0 Å². The first-order valence-electron chi connectivity index (χ1n) is 5.39. The summed E-state index contributed by atoms with van der Waals surface area (Å²) in [6, 6.07) is 1.69. The molecule has 0 bridgehead atoms. The summed E-state index contributed by atoms with van der Waals surface area (Å²) < 4.78 is 1.06. The molecule has 1 atom stereocenters. The van der Waals surface area contributed by atoms with Crippen LogP contribution in [0.4, 0.5) is 0 Å². The minimum absolute atomic E-state index is 0.0274. The maximum absolute atomic E-state index is 6.23. The molecule has 0 spiro atoms. The number of nitrogens with zero attached hydrogens (tertiary/aromatic N) is 1. The van der Waals surface area contributed by atoms with Crippen molar-refractivity contribution in [2.24, 2.45) is 0 Å². The van der Waals surface area contributed by atoms with Gasteiger partial charge >= 0.3 is 0 Å². The first-order valence-corrected chi connectivity index (χ1v) is 7.88. The molecule has 0 fully saturated rings. The topological polar surface area (TPSA) is 24.9 Å². The summed E-state index contributed by atoms with van der Waals surface area (Å²) in [6.07, 6.45) is 1.62. The number of aromatic nitrogens is 1. The van der Waals surface area contributed by atoms with Gasteiger partial charge in [-0.2, -0.15) is 11.3 Å². The third-order valence-corrected chi connectivity index (χ3v) is 4.73. The highest BCUT2D eigenvalue weighted by molar-refractivity contribution is 9.10. The molecule has 2 aromatic rings. The molecule has 0 aromatic carbocycles. The highest BCUT2D eigenvalue weighted by Gasteiger charge is 2.20. The van der Waals surface area contributed by atoms with Crippen molar-refractivity contribution in [3.05, 3.63) is 48.8 Å².